The van der Waals surface area contributed by atoms with Crippen LogP contribution in [0.2, 0.25) is 0 Å². The predicted molar refractivity (Wildman–Crippen MR) is 105 cm³/mol. The van der Waals surface area contributed by atoms with E-state index in [9.17, 15) is 14.4 Å². The number of aromatic nitrogens is 1. The molecule has 0 aromatic carbocycles. The molecule has 0 spiro atoms. The number of carbonyl (C=O) groups excluding carboxylic acids is 3. The molecule has 1 aromatic heterocycles. The van der Waals surface area contributed by atoms with E-state index in [2.05, 4.69) is 6.58 Å². The molecule has 1 fully saturated rings. The number of nitrogens with zero attached hydrogens (tertiary/aromatic N) is 2. The number of likely N-dealkylation sites (tertiary alicyclic amines) is 1. The molecule has 1 atom stereocenters. The Labute approximate surface area is 166 Å². The van der Waals surface area contributed by atoms with Gasteiger partial charge in [-0.1, -0.05) is 6.08 Å². The zero-order valence-electron chi connectivity index (χ0n) is 17.2. The number of carbonyl (C=O) groups is 3. The molecule has 1 aliphatic rings. The predicted octanol–water partition coefficient (Wildman–Crippen LogP) is 2.88. The van der Waals surface area contributed by atoms with Crippen LogP contribution in [0.3, 0.4) is 0 Å². The molecule has 1 amide bonds. The second-order valence-corrected chi connectivity index (χ2v) is 6.90. The molecule has 1 aromatic rings. The Morgan fingerprint density at radius 3 is 2.46 bits per heavy atom. The average molecular weight is 390 g/mol. The first-order valence-electron chi connectivity index (χ1n) is 9.80. The van der Waals surface area contributed by atoms with Crippen molar-refractivity contribution in [3.63, 3.8) is 0 Å². The van der Waals surface area contributed by atoms with Crippen LogP contribution in [0.25, 0.3) is 0 Å². The third-order valence-corrected chi connectivity index (χ3v) is 5.09. The van der Waals surface area contributed by atoms with E-state index in [1.807, 2.05) is 6.92 Å². The van der Waals surface area contributed by atoms with E-state index in [0.717, 1.165) is 6.42 Å². The van der Waals surface area contributed by atoms with Crippen LogP contribution in [0.4, 0.5) is 0 Å². The van der Waals surface area contributed by atoms with E-state index >= 15 is 0 Å². The van der Waals surface area contributed by atoms with Crippen LogP contribution in [0.5, 0.6) is 0 Å². The van der Waals surface area contributed by atoms with Crippen LogP contribution in [-0.4, -0.2) is 53.6 Å². The van der Waals surface area contributed by atoms with Gasteiger partial charge < -0.3 is 18.9 Å². The van der Waals surface area contributed by atoms with Crippen molar-refractivity contribution in [1.29, 1.82) is 0 Å². The summed E-state index contributed by atoms with van der Waals surface area (Å²) in [5, 5.41) is 0. The Kier molecular flexibility index (Phi) is 7.43. The number of allylic oxidation sites excluding steroid dienone is 1. The van der Waals surface area contributed by atoms with Gasteiger partial charge in [-0.15, -0.1) is 6.58 Å². The van der Waals surface area contributed by atoms with Crippen molar-refractivity contribution in [1.82, 2.24) is 9.47 Å². The highest BCUT2D eigenvalue weighted by Gasteiger charge is 2.33. The zero-order valence-corrected chi connectivity index (χ0v) is 17.2. The third-order valence-electron chi connectivity index (χ3n) is 5.09. The number of piperidine rings is 1. The molecule has 0 saturated carbocycles. The molecule has 0 bridgehead atoms. The van der Waals surface area contributed by atoms with Crippen molar-refractivity contribution in [2.24, 2.45) is 5.92 Å². The van der Waals surface area contributed by atoms with Crippen molar-refractivity contribution in [3.05, 3.63) is 35.2 Å². The molecule has 28 heavy (non-hydrogen) atoms. The van der Waals surface area contributed by atoms with Crippen molar-refractivity contribution in [3.8, 4) is 0 Å². The van der Waals surface area contributed by atoms with Crippen molar-refractivity contribution >= 4 is 17.8 Å². The largest absolute Gasteiger partial charge is 0.466 e. The summed E-state index contributed by atoms with van der Waals surface area (Å²) in [6.07, 6.45) is 3.14. The second-order valence-electron chi connectivity index (χ2n) is 6.90. The molecule has 2 heterocycles. The summed E-state index contributed by atoms with van der Waals surface area (Å²) in [5.41, 5.74) is 2.17. The van der Waals surface area contributed by atoms with Crippen LogP contribution in [-0.2, 0) is 20.8 Å². The van der Waals surface area contributed by atoms with Gasteiger partial charge in [-0.05, 0) is 46.1 Å². The maximum absolute atomic E-state index is 13.3. The molecule has 0 N–H and O–H groups in total. The molecule has 1 unspecified atom stereocenters. The highest BCUT2D eigenvalue weighted by Crippen LogP contribution is 2.27. The first-order chi connectivity index (χ1) is 13.4. The quantitative estimate of drug-likeness (QED) is 0.528. The van der Waals surface area contributed by atoms with E-state index in [4.69, 9.17) is 9.47 Å². The molecule has 7 nitrogen and oxygen atoms in total. The van der Waals surface area contributed by atoms with Crippen molar-refractivity contribution in [2.75, 3.05) is 26.3 Å². The standard InChI is InChI=1S/C21H30N2O5/c1-6-11-23-15(5)17(14(4)18(23)21(26)28-8-3)19(24)22-12-9-10-16(13-22)20(25)27-7-2/h6,16H,1,7-13H2,2-5H3. The molecule has 0 radical (unpaired) electrons. The number of ether oxygens (including phenoxy) is 2. The number of rotatable bonds is 7. The SMILES string of the molecule is C=CCn1c(C)c(C(=O)N2CCCC(C(=O)OCC)C2)c(C)c1C(=O)OCC. The van der Waals surface area contributed by atoms with Gasteiger partial charge in [0.25, 0.3) is 5.91 Å². The number of amides is 1. The topological polar surface area (TPSA) is 77.8 Å². The highest BCUT2D eigenvalue weighted by molar-refractivity contribution is 6.01. The molecule has 7 heteroatoms. The zero-order chi connectivity index (χ0) is 20.8. The minimum absolute atomic E-state index is 0.169. The van der Waals surface area contributed by atoms with Gasteiger partial charge in [-0.3, -0.25) is 9.59 Å². The van der Waals surface area contributed by atoms with E-state index < -0.39 is 5.97 Å². The normalized spacial score (nSPS) is 16.6. The van der Waals surface area contributed by atoms with Gasteiger partial charge in [0.1, 0.15) is 5.69 Å². The molecule has 154 valence electrons. The van der Waals surface area contributed by atoms with Gasteiger partial charge >= 0.3 is 11.9 Å². The van der Waals surface area contributed by atoms with Crippen molar-refractivity contribution < 1.29 is 23.9 Å². The fourth-order valence-electron chi connectivity index (χ4n) is 3.80. The van der Waals surface area contributed by atoms with Gasteiger partial charge in [0, 0.05) is 25.3 Å². The smallest absolute Gasteiger partial charge is 0.355 e. The third kappa shape index (κ3) is 4.29. The summed E-state index contributed by atoms with van der Waals surface area (Å²) in [6, 6.07) is 0. The summed E-state index contributed by atoms with van der Waals surface area (Å²) in [4.78, 5) is 39.6. The van der Waals surface area contributed by atoms with E-state index in [1.165, 1.54) is 0 Å². The summed E-state index contributed by atoms with van der Waals surface area (Å²) >= 11 is 0. The molecule has 0 aliphatic carbocycles. The monoisotopic (exact) mass is 390 g/mol. The van der Waals surface area contributed by atoms with E-state index in [1.54, 1.807) is 36.3 Å². The summed E-state index contributed by atoms with van der Waals surface area (Å²) in [7, 11) is 0. The fraction of sp³-hybridized carbons (Fsp3) is 0.571. The minimum atomic E-state index is -0.452. The lowest BCUT2D eigenvalue weighted by Gasteiger charge is -2.31. The van der Waals surface area contributed by atoms with Crippen LogP contribution >= 0.6 is 0 Å². The molecular formula is C21H30N2O5. The maximum Gasteiger partial charge on any atom is 0.355 e. The Hall–Kier alpha value is -2.57. The first kappa shape index (κ1) is 21.7. The lowest BCUT2D eigenvalue weighted by Crippen LogP contribution is -2.43. The second kappa shape index (κ2) is 9.57. The summed E-state index contributed by atoms with van der Waals surface area (Å²) in [5.74, 6) is -1.19. The Balaban J connectivity index is 2.37. The minimum Gasteiger partial charge on any atom is -0.466 e. The van der Waals surface area contributed by atoms with Crippen molar-refractivity contribution in [2.45, 2.75) is 47.1 Å². The lowest BCUT2D eigenvalue weighted by molar-refractivity contribution is -0.149. The van der Waals surface area contributed by atoms with Gasteiger partial charge in [-0.2, -0.15) is 0 Å². The number of hydrogen-bond acceptors (Lipinski definition) is 5. The Bertz CT molecular complexity index is 765. The summed E-state index contributed by atoms with van der Waals surface area (Å²) < 4.78 is 12.1. The van der Waals surface area contributed by atoms with Crippen LogP contribution in [0.15, 0.2) is 12.7 Å². The number of hydrogen-bond donors (Lipinski definition) is 0. The fourth-order valence-corrected chi connectivity index (χ4v) is 3.80. The molecule has 1 aliphatic heterocycles. The Morgan fingerprint density at radius 1 is 1.18 bits per heavy atom. The maximum atomic E-state index is 13.3. The van der Waals surface area contributed by atoms with Gasteiger partial charge in [0.15, 0.2) is 0 Å². The van der Waals surface area contributed by atoms with Crippen LogP contribution in [0, 0.1) is 19.8 Å². The van der Waals surface area contributed by atoms with Gasteiger partial charge in [0.05, 0.1) is 24.7 Å². The first-order valence-corrected chi connectivity index (χ1v) is 9.80. The molecular weight excluding hydrogens is 360 g/mol. The van der Waals surface area contributed by atoms with E-state index in [0.29, 0.717) is 55.2 Å². The van der Waals surface area contributed by atoms with Crippen LogP contribution in [0.1, 0.15) is 58.8 Å². The van der Waals surface area contributed by atoms with Crippen LogP contribution < -0.4 is 0 Å². The number of esters is 2. The molecule has 2 rings (SSSR count). The van der Waals surface area contributed by atoms with E-state index in [-0.39, 0.29) is 24.4 Å². The molecule has 1 saturated heterocycles. The highest BCUT2D eigenvalue weighted by atomic mass is 16.5. The lowest BCUT2D eigenvalue weighted by atomic mass is 9.97. The van der Waals surface area contributed by atoms with Gasteiger partial charge in [0.2, 0.25) is 0 Å². The summed E-state index contributed by atoms with van der Waals surface area (Å²) in [6.45, 7) is 12.7. The average Bonchev–Trinajstić information content (AvgIpc) is 2.92. The Morgan fingerprint density at radius 2 is 1.86 bits per heavy atom. The van der Waals surface area contributed by atoms with Gasteiger partial charge in [-0.25, -0.2) is 4.79 Å².